The number of aliphatic hydroxyl groups is 1. The van der Waals surface area contributed by atoms with Crippen LogP contribution in [0.5, 0.6) is 0 Å². The Hall–Kier alpha value is -0.0400. The molecule has 4 aliphatic rings. The van der Waals surface area contributed by atoms with E-state index >= 15 is 0 Å². The van der Waals surface area contributed by atoms with E-state index in [1.165, 1.54) is 57.8 Å². The van der Waals surface area contributed by atoms with Gasteiger partial charge in [-0.05, 0) is 116 Å². The molecule has 0 saturated heterocycles. The van der Waals surface area contributed by atoms with Crippen LogP contribution < -0.4 is 0 Å². The van der Waals surface area contributed by atoms with Gasteiger partial charge in [0.05, 0.1) is 6.10 Å². The molecule has 0 aromatic carbocycles. The Balaban J connectivity index is 1.46. The summed E-state index contributed by atoms with van der Waals surface area (Å²) in [5.74, 6) is 7.28. The van der Waals surface area contributed by atoms with Crippen molar-refractivity contribution < 1.29 is 5.11 Å². The maximum Gasteiger partial charge on any atom is 0.0543 e. The van der Waals surface area contributed by atoms with E-state index < -0.39 is 0 Å². The van der Waals surface area contributed by atoms with E-state index in [1.807, 2.05) is 0 Å². The molecule has 0 aromatic rings. The summed E-state index contributed by atoms with van der Waals surface area (Å²) in [5, 5.41) is 10.3. The minimum absolute atomic E-state index is 0.0107. The van der Waals surface area contributed by atoms with E-state index in [4.69, 9.17) is 0 Å². The molecular weight excluding hydrogens is 352 g/mol. The molecule has 1 N–H and O–H groups in total. The molecule has 4 fully saturated rings. The fraction of sp³-hybridized carbons (Fsp3) is 1.00. The highest BCUT2D eigenvalue weighted by molar-refractivity contribution is 5.09. The van der Waals surface area contributed by atoms with Gasteiger partial charge in [0.25, 0.3) is 0 Å². The fourth-order valence-corrected chi connectivity index (χ4v) is 9.27. The molecule has 10 atom stereocenters. The molecule has 2 unspecified atom stereocenters. The summed E-state index contributed by atoms with van der Waals surface area (Å²) in [6.45, 7) is 15.2. The average molecular weight is 403 g/mol. The summed E-state index contributed by atoms with van der Waals surface area (Å²) in [6, 6.07) is 0. The quantitative estimate of drug-likeness (QED) is 0.499. The van der Waals surface area contributed by atoms with Crippen LogP contribution in [0.1, 0.15) is 112 Å². The first-order valence-corrected chi connectivity index (χ1v) is 13.3. The predicted molar refractivity (Wildman–Crippen MR) is 124 cm³/mol. The Morgan fingerprint density at radius 1 is 0.793 bits per heavy atom. The van der Waals surface area contributed by atoms with E-state index in [0.29, 0.717) is 10.8 Å². The van der Waals surface area contributed by atoms with Crippen molar-refractivity contribution in [2.24, 2.45) is 58.2 Å². The van der Waals surface area contributed by atoms with Crippen molar-refractivity contribution in [1.82, 2.24) is 0 Å². The number of rotatable bonds is 5. The third-order valence-electron chi connectivity index (χ3n) is 11.6. The van der Waals surface area contributed by atoms with Gasteiger partial charge in [-0.15, -0.1) is 0 Å². The van der Waals surface area contributed by atoms with Crippen LogP contribution in [0.25, 0.3) is 0 Å². The van der Waals surface area contributed by atoms with Crippen LogP contribution >= 0.6 is 0 Å². The zero-order valence-electron chi connectivity index (χ0n) is 20.4. The summed E-state index contributed by atoms with van der Waals surface area (Å²) in [4.78, 5) is 0. The zero-order chi connectivity index (χ0) is 21.0. The van der Waals surface area contributed by atoms with Crippen molar-refractivity contribution in [1.29, 1.82) is 0 Å². The summed E-state index contributed by atoms with van der Waals surface area (Å²) in [7, 11) is 0. The third-order valence-corrected chi connectivity index (χ3v) is 11.6. The largest absolute Gasteiger partial charge is 0.393 e. The lowest BCUT2D eigenvalue weighted by Gasteiger charge is -2.61. The molecule has 0 spiro atoms. The number of aliphatic hydroxyl groups excluding tert-OH is 1. The van der Waals surface area contributed by atoms with Crippen molar-refractivity contribution in [2.45, 2.75) is 118 Å². The SMILES string of the molecule is CC(C)C(C)CC[C@@H](C)[C@H]1CC[C@H]2[C@@H]3CCC4C[C@@H](O)CC[C@]4(C)[C@H]3CC[C@]12C. The number of fused-ring (bicyclic) bond motifs is 5. The molecule has 0 aromatic heterocycles. The first kappa shape index (κ1) is 22.2. The van der Waals surface area contributed by atoms with Crippen LogP contribution in [0.15, 0.2) is 0 Å². The lowest BCUT2D eigenvalue weighted by molar-refractivity contribution is -0.129. The molecule has 1 nitrogen and oxygen atoms in total. The van der Waals surface area contributed by atoms with Crippen molar-refractivity contribution >= 4 is 0 Å². The monoisotopic (exact) mass is 402 g/mol. The van der Waals surface area contributed by atoms with Crippen LogP contribution in [-0.2, 0) is 0 Å². The van der Waals surface area contributed by atoms with Crippen LogP contribution in [0.3, 0.4) is 0 Å². The summed E-state index contributed by atoms with van der Waals surface area (Å²) < 4.78 is 0. The van der Waals surface area contributed by atoms with Crippen molar-refractivity contribution in [3.63, 3.8) is 0 Å². The smallest absolute Gasteiger partial charge is 0.0543 e. The Kier molecular flexibility index (Phi) is 6.22. The predicted octanol–water partition coefficient (Wildman–Crippen LogP) is 7.71. The highest BCUT2D eigenvalue weighted by Gasteiger charge is 2.60. The lowest BCUT2D eigenvalue weighted by Crippen LogP contribution is -2.54. The average Bonchev–Trinajstić information content (AvgIpc) is 3.03. The van der Waals surface area contributed by atoms with E-state index in [0.717, 1.165) is 60.2 Å². The number of hydrogen-bond acceptors (Lipinski definition) is 1. The highest BCUT2D eigenvalue weighted by atomic mass is 16.3. The van der Waals surface area contributed by atoms with E-state index in [9.17, 15) is 5.11 Å². The van der Waals surface area contributed by atoms with Crippen LogP contribution in [0.2, 0.25) is 0 Å². The minimum atomic E-state index is -0.0107. The Bertz CT molecular complexity index is 569. The van der Waals surface area contributed by atoms with Gasteiger partial charge in [-0.25, -0.2) is 0 Å². The standard InChI is InChI=1S/C28H50O/c1-18(2)19(3)7-8-20(4)24-11-12-25-23-10-9-21-17-22(29)13-15-27(21,5)26(23)14-16-28(24,25)6/h18-26,29H,7-17H2,1-6H3/t19?,20-,21?,22+,23+,24-,25+,26+,27+,28-/m1/s1. The first-order valence-electron chi connectivity index (χ1n) is 13.3. The second-order valence-corrected chi connectivity index (χ2v) is 13.1. The molecule has 4 aliphatic carbocycles. The van der Waals surface area contributed by atoms with Gasteiger partial charge in [-0.3, -0.25) is 0 Å². The van der Waals surface area contributed by atoms with Gasteiger partial charge in [0.1, 0.15) is 0 Å². The summed E-state index contributed by atoms with van der Waals surface area (Å²) in [5.41, 5.74) is 1.14. The normalized spacial score (nSPS) is 49.2. The van der Waals surface area contributed by atoms with Crippen molar-refractivity contribution in [3.8, 4) is 0 Å². The molecule has 1 heteroatoms. The van der Waals surface area contributed by atoms with Gasteiger partial charge in [-0.1, -0.05) is 54.4 Å². The maximum atomic E-state index is 10.3. The molecule has 0 aliphatic heterocycles. The van der Waals surface area contributed by atoms with Gasteiger partial charge < -0.3 is 5.11 Å². The van der Waals surface area contributed by atoms with Gasteiger partial charge in [0, 0.05) is 0 Å². The molecule has 0 bridgehead atoms. The molecular formula is C28H50O. The molecule has 4 rings (SSSR count). The minimum Gasteiger partial charge on any atom is -0.393 e. The third kappa shape index (κ3) is 3.74. The van der Waals surface area contributed by atoms with Crippen LogP contribution in [0, 0.1) is 58.2 Å². The Morgan fingerprint density at radius 3 is 2.21 bits per heavy atom. The summed E-state index contributed by atoms with van der Waals surface area (Å²) in [6.07, 6.45) is 15.1. The highest BCUT2D eigenvalue weighted by Crippen LogP contribution is 2.68. The molecule has 0 amide bonds. The maximum absolute atomic E-state index is 10.3. The second kappa shape index (κ2) is 8.14. The van der Waals surface area contributed by atoms with Gasteiger partial charge in [-0.2, -0.15) is 0 Å². The topological polar surface area (TPSA) is 20.2 Å². The number of hydrogen-bond donors (Lipinski definition) is 1. The van der Waals surface area contributed by atoms with Gasteiger partial charge >= 0.3 is 0 Å². The lowest BCUT2D eigenvalue weighted by atomic mass is 9.44. The Morgan fingerprint density at radius 2 is 1.48 bits per heavy atom. The molecule has 4 saturated carbocycles. The van der Waals surface area contributed by atoms with Crippen LogP contribution in [-0.4, -0.2) is 11.2 Å². The second-order valence-electron chi connectivity index (χ2n) is 13.1. The fourth-order valence-electron chi connectivity index (χ4n) is 9.27. The van der Waals surface area contributed by atoms with E-state index in [1.54, 1.807) is 0 Å². The zero-order valence-corrected chi connectivity index (χ0v) is 20.4. The van der Waals surface area contributed by atoms with Crippen LogP contribution in [0.4, 0.5) is 0 Å². The summed E-state index contributed by atoms with van der Waals surface area (Å²) >= 11 is 0. The molecule has 168 valence electrons. The molecule has 29 heavy (non-hydrogen) atoms. The molecule has 0 radical (unpaired) electrons. The van der Waals surface area contributed by atoms with Crippen molar-refractivity contribution in [2.75, 3.05) is 0 Å². The Labute approximate surface area is 181 Å². The molecule has 0 heterocycles. The van der Waals surface area contributed by atoms with E-state index in [2.05, 4.69) is 41.5 Å². The first-order chi connectivity index (χ1) is 13.7. The van der Waals surface area contributed by atoms with Gasteiger partial charge in [0.2, 0.25) is 0 Å². The van der Waals surface area contributed by atoms with Crippen molar-refractivity contribution in [3.05, 3.63) is 0 Å². The van der Waals surface area contributed by atoms with Gasteiger partial charge in [0.15, 0.2) is 0 Å². The van der Waals surface area contributed by atoms with E-state index in [-0.39, 0.29) is 6.10 Å².